The number of carbonyl (C=O) groups excluding carboxylic acids is 2. The highest BCUT2D eigenvalue weighted by atomic mass is 35.5. The summed E-state index contributed by atoms with van der Waals surface area (Å²) in [5, 5.41) is 3.51. The monoisotopic (exact) mass is 659 g/mol. The van der Waals surface area contributed by atoms with Gasteiger partial charge in [0.1, 0.15) is 12.6 Å². The van der Waals surface area contributed by atoms with Gasteiger partial charge < -0.3 is 10.2 Å². The van der Waals surface area contributed by atoms with Gasteiger partial charge in [-0.1, -0.05) is 96.4 Å². The van der Waals surface area contributed by atoms with Crippen LogP contribution in [0.4, 0.5) is 5.69 Å². The van der Waals surface area contributed by atoms with E-state index in [-0.39, 0.29) is 29.8 Å². The van der Waals surface area contributed by atoms with Crippen LogP contribution in [0.3, 0.4) is 0 Å². The van der Waals surface area contributed by atoms with Crippen LogP contribution in [0.15, 0.2) is 102 Å². The third kappa shape index (κ3) is 8.77. The number of amides is 2. The number of halogens is 1. The van der Waals surface area contributed by atoms with Crippen LogP contribution in [0.25, 0.3) is 0 Å². The van der Waals surface area contributed by atoms with Crippen molar-refractivity contribution in [3.8, 4) is 0 Å². The van der Waals surface area contributed by atoms with E-state index in [1.54, 1.807) is 37.3 Å². The molecule has 0 aliphatic heterocycles. The lowest BCUT2D eigenvalue weighted by molar-refractivity contribution is -0.140. The summed E-state index contributed by atoms with van der Waals surface area (Å²) in [6.07, 6.45) is 0.972. The average Bonchev–Trinajstić information content (AvgIpc) is 3.03. The molecule has 0 aliphatic carbocycles. The maximum absolute atomic E-state index is 14.6. The Hall–Kier alpha value is -4.14. The first-order valence-electron chi connectivity index (χ1n) is 15.4. The minimum atomic E-state index is -4.20. The molecule has 4 rings (SSSR count). The van der Waals surface area contributed by atoms with Gasteiger partial charge in [-0.05, 0) is 81.1 Å². The highest BCUT2D eigenvalue weighted by Crippen LogP contribution is 2.30. The van der Waals surface area contributed by atoms with Crippen molar-refractivity contribution in [1.29, 1.82) is 0 Å². The fourth-order valence-corrected chi connectivity index (χ4v) is 6.84. The van der Waals surface area contributed by atoms with E-state index in [2.05, 4.69) is 5.32 Å². The standard InChI is InChI=1S/C37H42ClN3O4S/c1-6-29(5)39-37(43)35(23-30-10-8-7-9-11-30)40(24-31-16-12-26(2)13-17-31)36(42)25-41(34-21-18-32(38)22-28(34)4)46(44,45)33-19-14-27(3)15-20-33/h7-22,29,35H,6,23-25H2,1-5H3,(H,39,43)/t29-,35-/m1/s1. The molecule has 0 bridgehead atoms. The Morgan fingerprint density at radius 1 is 0.826 bits per heavy atom. The second-order valence-electron chi connectivity index (χ2n) is 11.8. The van der Waals surface area contributed by atoms with Crippen molar-refractivity contribution in [1.82, 2.24) is 10.2 Å². The Labute approximate surface area is 278 Å². The largest absolute Gasteiger partial charge is 0.352 e. The second-order valence-corrected chi connectivity index (χ2v) is 14.1. The van der Waals surface area contributed by atoms with Crippen LogP contribution < -0.4 is 9.62 Å². The molecule has 242 valence electrons. The van der Waals surface area contributed by atoms with E-state index in [0.29, 0.717) is 22.7 Å². The average molecular weight is 660 g/mol. The quantitative estimate of drug-likeness (QED) is 0.167. The molecule has 0 aromatic heterocycles. The Kier molecular flexibility index (Phi) is 11.7. The number of benzene rings is 4. The third-order valence-electron chi connectivity index (χ3n) is 8.06. The van der Waals surface area contributed by atoms with E-state index in [4.69, 9.17) is 11.6 Å². The van der Waals surface area contributed by atoms with Gasteiger partial charge in [0.25, 0.3) is 10.0 Å². The van der Waals surface area contributed by atoms with Crippen LogP contribution >= 0.6 is 11.6 Å². The number of sulfonamides is 1. The number of anilines is 1. The van der Waals surface area contributed by atoms with E-state index in [9.17, 15) is 18.0 Å². The molecule has 4 aromatic carbocycles. The molecule has 2 atom stereocenters. The zero-order valence-electron chi connectivity index (χ0n) is 27.0. The van der Waals surface area contributed by atoms with Gasteiger partial charge >= 0.3 is 0 Å². The summed E-state index contributed by atoms with van der Waals surface area (Å²) < 4.78 is 29.6. The molecular formula is C37H42ClN3O4S. The lowest BCUT2D eigenvalue weighted by atomic mass is 10.0. The zero-order valence-corrected chi connectivity index (χ0v) is 28.6. The van der Waals surface area contributed by atoms with Crippen molar-refractivity contribution >= 4 is 39.1 Å². The number of nitrogens with zero attached hydrogens (tertiary/aromatic N) is 2. The van der Waals surface area contributed by atoms with Crippen LogP contribution in [0.1, 0.15) is 48.1 Å². The molecule has 9 heteroatoms. The predicted octanol–water partition coefficient (Wildman–Crippen LogP) is 7.02. The lowest BCUT2D eigenvalue weighted by Crippen LogP contribution is -2.54. The van der Waals surface area contributed by atoms with Crippen LogP contribution in [-0.2, 0) is 32.6 Å². The summed E-state index contributed by atoms with van der Waals surface area (Å²) in [5.41, 5.74) is 4.60. The summed E-state index contributed by atoms with van der Waals surface area (Å²) in [6.45, 7) is 9.10. The molecule has 0 unspecified atom stereocenters. The maximum atomic E-state index is 14.6. The highest BCUT2D eigenvalue weighted by molar-refractivity contribution is 7.92. The Morgan fingerprint density at radius 3 is 2.02 bits per heavy atom. The first-order valence-corrected chi connectivity index (χ1v) is 17.3. The van der Waals surface area contributed by atoms with E-state index in [0.717, 1.165) is 26.6 Å². The number of carbonyl (C=O) groups is 2. The van der Waals surface area contributed by atoms with Gasteiger partial charge in [0, 0.05) is 24.0 Å². The second kappa shape index (κ2) is 15.4. The molecule has 1 N–H and O–H groups in total. The number of nitrogens with one attached hydrogen (secondary N) is 1. The molecule has 2 amide bonds. The van der Waals surface area contributed by atoms with Crippen LogP contribution in [0.2, 0.25) is 5.02 Å². The normalized spacial score (nSPS) is 12.7. The Balaban J connectivity index is 1.83. The van der Waals surface area contributed by atoms with Gasteiger partial charge in [0.15, 0.2) is 0 Å². The van der Waals surface area contributed by atoms with Crippen LogP contribution in [-0.4, -0.2) is 43.8 Å². The topological polar surface area (TPSA) is 86.8 Å². The molecule has 0 saturated heterocycles. The number of hydrogen-bond acceptors (Lipinski definition) is 4. The van der Waals surface area contributed by atoms with E-state index in [1.165, 1.54) is 17.0 Å². The van der Waals surface area contributed by atoms with Gasteiger partial charge in [-0.15, -0.1) is 0 Å². The number of aryl methyl sites for hydroxylation is 3. The summed E-state index contributed by atoms with van der Waals surface area (Å²) in [4.78, 5) is 30.1. The van der Waals surface area contributed by atoms with Crippen LogP contribution in [0.5, 0.6) is 0 Å². The third-order valence-corrected chi connectivity index (χ3v) is 10.1. The van der Waals surface area contributed by atoms with E-state index >= 15 is 0 Å². The molecule has 0 fully saturated rings. The molecule has 0 radical (unpaired) electrons. The predicted molar refractivity (Wildman–Crippen MR) is 185 cm³/mol. The highest BCUT2D eigenvalue weighted by Gasteiger charge is 2.35. The summed E-state index contributed by atoms with van der Waals surface area (Å²) in [6, 6.07) is 27.7. The van der Waals surface area contributed by atoms with E-state index < -0.39 is 28.5 Å². The van der Waals surface area contributed by atoms with Gasteiger partial charge in [0.2, 0.25) is 11.8 Å². The van der Waals surface area contributed by atoms with Crippen molar-refractivity contribution in [3.63, 3.8) is 0 Å². The smallest absolute Gasteiger partial charge is 0.264 e. The van der Waals surface area contributed by atoms with Gasteiger partial charge in [-0.2, -0.15) is 0 Å². The first kappa shape index (κ1) is 34.7. The number of rotatable bonds is 13. The fraction of sp³-hybridized carbons (Fsp3) is 0.297. The zero-order chi connectivity index (χ0) is 33.4. The van der Waals surface area contributed by atoms with Crippen molar-refractivity contribution in [2.45, 2.75) is 71.0 Å². The molecule has 0 heterocycles. The molecule has 0 saturated carbocycles. The fourth-order valence-electron chi connectivity index (χ4n) is 5.13. The molecule has 0 spiro atoms. The molecular weight excluding hydrogens is 618 g/mol. The molecule has 4 aromatic rings. The SMILES string of the molecule is CC[C@@H](C)NC(=O)[C@@H](Cc1ccccc1)N(Cc1ccc(C)cc1)C(=O)CN(c1ccc(Cl)cc1C)S(=O)(=O)c1ccc(C)cc1. The number of hydrogen-bond donors (Lipinski definition) is 1. The van der Waals surface area contributed by atoms with E-state index in [1.807, 2.05) is 82.3 Å². The van der Waals surface area contributed by atoms with Gasteiger partial charge in [0.05, 0.1) is 10.6 Å². The summed E-state index contributed by atoms with van der Waals surface area (Å²) in [5.74, 6) is -0.805. The minimum absolute atomic E-state index is 0.0562. The van der Waals surface area contributed by atoms with Crippen molar-refractivity contribution < 1.29 is 18.0 Å². The van der Waals surface area contributed by atoms with Crippen molar-refractivity contribution in [3.05, 3.63) is 130 Å². The Bertz CT molecular complexity index is 1740. The Morgan fingerprint density at radius 2 is 1.43 bits per heavy atom. The molecule has 0 aliphatic rings. The van der Waals surface area contributed by atoms with Crippen molar-refractivity contribution in [2.24, 2.45) is 0 Å². The maximum Gasteiger partial charge on any atom is 0.264 e. The first-order chi connectivity index (χ1) is 21.9. The van der Waals surface area contributed by atoms with Crippen LogP contribution in [0, 0.1) is 20.8 Å². The molecule has 46 heavy (non-hydrogen) atoms. The minimum Gasteiger partial charge on any atom is -0.352 e. The lowest BCUT2D eigenvalue weighted by Gasteiger charge is -2.34. The van der Waals surface area contributed by atoms with Crippen molar-refractivity contribution in [2.75, 3.05) is 10.8 Å². The molecule has 7 nitrogen and oxygen atoms in total. The summed E-state index contributed by atoms with van der Waals surface area (Å²) in [7, 11) is -4.20. The summed E-state index contributed by atoms with van der Waals surface area (Å²) >= 11 is 6.25. The van der Waals surface area contributed by atoms with Gasteiger partial charge in [-0.25, -0.2) is 8.42 Å². The van der Waals surface area contributed by atoms with Gasteiger partial charge in [-0.3, -0.25) is 13.9 Å².